The van der Waals surface area contributed by atoms with Crippen molar-refractivity contribution in [1.29, 1.82) is 0 Å². The molecule has 4 heterocycles. The largest absolute Gasteiger partial charge is 0.356 e. The van der Waals surface area contributed by atoms with Gasteiger partial charge in [-0.25, -0.2) is 19.7 Å². The van der Waals surface area contributed by atoms with Crippen molar-refractivity contribution in [2.24, 2.45) is 0 Å². The van der Waals surface area contributed by atoms with Gasteiger partial charge in [-0.1, -0.05) is 0 Å². The van der Waals surface area contributed by atoms with E-state index in [2.05, 4.69) is 40.8 Å². The Morgan fingerprint density at radius 2 is 2.00 bits per heavy atom. The molecule has 0 bridgehead atoms. The van der Waals surface area contributed by atoms with Crippen molar-refractivity contribution in [3.8, 4) is 0 Å². The lowest BCUT2D eigenvalue weighted by atomic mass is 10.0. The molecule has 1 fully saturated rings. The van der Waals surface area contributed by atoms with Crippen LogP contribution in [-0.2, 0) is 0 Å². The number of fused-ring (bicyclic) bond motifs is 1. The smallest absolute Gasteiger partial charge is 0.327 e. The monoisotopic (exact) mass is 374 g/mol. The average molecular weight is 375 g/mol. The van der Waals surface area contributed by atoms with Crippen LogP contribution < -0.4 is 10.6 Å². The van der Waals surface area contributed by atoms with Crippen molar-refractivity contribution in [3.05, 3.63) is 45.8 Å². The van der Waals surface area contributed by atoms with Crippen LogP contribution in [0.2, 0.25) is 0 Å². The van der Waals surface area contributed by atoms with Crippen molar-refractivity contribution < 1.29 is 0 Å². The van der Waals surface area contributed by atoms with Gasteiger partial charge in [0.2, 0.25) is 0 Å². The first-order chi connectivity index (χ1) is 11.2. The van der Waals surface area contributed by atoms with Gasteiger partial charge in [-0.3, -0.25) is 9.55 Å². The number of hydrogen-bond donors (Lipinski definition) is 1. The molecule has 1 aliphatic heterocycles. The highest BCUT2D eigenvalue weighted by Crippen LogP contribution is 2.26. The molecule has 4 rings (SSSR count). The van der Waals surface area contributed by atoms with Crippen LogP contribution >= 0.6 is 15.9 Å². The molecule has 3 aromatic heterocycles. The quantitative estimate of drug-likeness (QED) is 0.694. The summed E-state index contributed by atoms with van der Waals surface area (Å²) >= 11 is 3.30. The highest BCUT2D eigenvalue weighted by atomic mass is 79.9. The van der Waals surface area contributed by atoms with Crippen LogP contribution in [0.1, 0.15) is 18.9 Å². The molecule has 0 unspecified atom stereocenters. The van der Waals surface area contributed by atoms with Crippen LogP contribution in [0.15, 0.2) is 40.1 Å². The fourth-order valence-corrected chi connectivity index (χ4v) is 3.48. The van der Waals surface area contributed by atoms with Crippen LogP contribution in [0.3, 0.4) is 0 Å². The molecule has 23 heavy (non-hydrogen) atoms. The van der Waals surface area contributed by atoms with E-state index in [1.807, 2.05) is 22.8 Å². The van der Waals surface area contributed by atoms with Gasteiger partial charge in [0.05, 0.1) is 5.52 Å². The second-order valence-electron chi connectivity index (χ2n) is 5.57. The molecule has 0 saturated carbocycles. The van der Waals surface area contributed by atoms with Gasteiger partial charge in [-0.2, -0.15) is 0 Å². The van der Waals surface area contributed by atoms with Gasteiger partial charge >= 0.3 is 5.69 Å². The molecule has 1 saturated heterocycles. The fraction of sp³-hybridized carbons (Fsp3) is 0.333. The fourth-order valence-electron chi connectivity index (χ4n) is 3.18. The van der Waals surface area contributed by atoms with Gasteiger partial charge in [0.15, 0.2) is 10.4 Å². The van der Waals surface area contributed by atoms with E-state index < -0.39 is 0 Å². The van der Waals surface area contributed by atoms with Gasteiger partial charge in [-0.05, 0) is 47.0 Å². The standard InChI is InChI=1S/C15H15BrN6O/c16-14-18-7-3-12(19-14)21-8-4-10(5-9-21)22-11-2-1-6-17-13(11)20-15(22)23/h1-3,6-7,10H,4-5,8-9H2,(H,17,20,23). The molecule has 0 amide bonds. The molecule has 0 radical (unpaired) electrons. The lowest BCUT2D eigenvalue weighted by molar-refractivity contribution is 0.395. The molecule has 118 valence electrons. The number of anilines is 1. The summed E-state index contributed by atoms with van der Waals surface area (Å²) in [6.45, 7) is 1.71. The third kappa shape index (κ3) is 2.63. The van der Waals surface area contributed by atoms with Crippen molar-refractivity contribution in [1.82, 2.24) is 24.5 Å². The molecule has 0 spiro atoms. The minimum atomic E-state index is -0.0815. The Morgan fingerprint density at radius 1 is 1.17 bits per heavy atom. The number of pyridine rings is 1. The van der Waals surface area contributed by atoms with Crippen LogP contribution in [0.25, 0.3) is 11.2 Å². The zero-order valence-electron chi connectivity index (χ0n) is 12.3. The Labute approximate surface area is 140 Å². The van der Waals surface area contributed by atoms with Crippen molar-refractivity contribution in [2.75, 3.05) is 18.0 Å². The highest BCUT2D eigenvalue weighted by molar-refractivity contribution is 9.10. The normalized spacial score (nSPS) is 16.1. The van der Waals surface area contributed by atoms with Crippen LogP contribution in [0.5, 0.6) is 0 Å². The maximum Gasteiger partial charge on any atom is 0.327 e. The summed E-state index contributed by atoms with van der Waals surface area (Å²) in [5.74, 6) is 0.915. The topological polar surface area (TPSA) is 79.7 Å². The van der Waals surface area contributed by atoms with E-state index >= 15 is 0 Å². The zero-order chi connectivity index (χ0) is 15.8. The van der Waals surface area contributed by atoms with Crippen LogP contribution in [0.4, 0.5) is 5.82 Å². The molecule has 1 aliphatic rings. The number of aromatic amines is 1. The maximum absolute atomic E-state index is 12.3. The van der Waals surface area contributed by atoms with E-state index in [1.54, 1.807) is 12.4 Å². The molecule has 8 heteroatoms. The van der Waals surface area contributed by atoms with Gasteiger partial charge < -0.3 is 4.90 Å². The summed E-state index contributed by atoms with van der Waals surface area (Å²) in [6.07, 6.45) is 5.22. The minimum Gasteiger partial charge on any atom is -0.356 e. The number of hydrogen-bond acceptors (Lipinski definition) is 5. The third-order valence-corrected chi connectivity index (χ3v) is 4.64. The summed E-state index contributed by atoms with van der Waals surface area (Å²) in [5.41, 5.74) is 1.45. The van der Waals surface area contributed by atoms with Crippen LogP contribution in [-0.4, -0.2) is 37.6 Å². The lowest BCUT2D eigenvalue weighted by Crippen LogP contribution is -2.37. The third-order valence-electron chi connectivity index (χ3n) is 4.26. The summed E-state index contributed by atoms with van der Waals surface area (Å²) < 4.78 is 2.44. The van der Waals surface area contributed by atoms with E-state index in [4.69, 9.17) is 0 Å². The predicted octanol–water partition coefficient (Wildman–Crippen LogP) is 2.12. The first kappa shape index (κ1) is 14.4. The number of imidazole rings is 1. The van der Waals surface area contributed by atoms with Crippen molar-refractivity contribution >= 4 is 32.9 Å². The molecular formula is C15H15BrN6O. The van der Waals surface area contributed by atoms with Gasteiger partial charge in [0, 0.05) is 31.5 Å². The van der Waals surface area contributed by atoms with E-state index in [0.717, 1.165) is 37.3 Å². The van der Waals surface area contributed by atoms with Crippen LogP contribution in [0, 0.1) is 0 Å². The number of H-pyrrole nitrogens is 1. The molecule has 7 nitrogen and oxygen atoms in total. The molecule has 0 aliphatic carbocycles. The second-order valence-corrected chi connectivity index (χ2v) is 6.28. The molecule has 0 atom stereocenters. The number of aromatic nitrogens is 5. The Bertz CT molecular complexity index is 896. The predicted molar refractivity (Wildman–Crippen MR) is 90.6 cm³/mol. The Morgan fingerprint density at radius 3 is 2.78 bits per heavy atom. The molecular weight excluding hydrogens is 360 g/mol. The summed E-state index contributed by atoms with van der Waals surface area (Å²) in [6, 6.07) is 5.89. The first-order valence-corrected chi connectivity index (χ1v) is 8.30. The Balaban J connectivity index is 1.57. The number of nitrogens with one attached hydrogen (secondary N) is 1. The highest BCUT2D eigenvalue weighted by Gasteiger charge is 2.24. The molecule has 3 aromatic rings. The number of rotatable bonds is 2. The van der Waals surface area contributed by atoms with Crippen molar-refractivity contribution in [2.45, 2.75) is 18.9 Å². The molecule has 0 aromatic carbocycles. The number of nitrogens with zero attached hydrogens (tertiary/aromatic N) is 5. The Hall–Kier alpha value is -2.22. The average Bonchev–Trinajstić information content (AvgIpc) is 2.91. The lowest BCUT2D eigenvalue weighted by Gasteiger charge is -2.33. The van der Waals surface area contributed by atoms with Gasteiger partial charge in [0.1, 0.15) is 5.82 Å². The summed E-state index contributed by atoms with van der Waals surface area (Å²) in [7, 11) is 0. The van der Waals surface area contributed by atoms with E-state index in [-0.39, 0.29) is 11.7 Å². The SMILES string of the molecule is O=c1[nH]c2ncccc2n1C1CCN(c2ccnc(Br)n2)CC1. The Kier molecular flexibility index (Phi) is 3.60. The van der Waals surface area contributed by atoms with Gasteiger partial charge in [0.25, 0.3) is 0 Å². The van der Waals surface area contributed by atoms with E-state index in [1.165, 1.54) is 0 Å². The molecule has 1 N–H and O–H groups in total. The second kappa shape index (κ2) is 5.77. The van der Waals surface area contributed by atoms with E-state index in [9.17, 15) is 4.79 Å². The van der Waals surface area contributed by atoms with Crippen molar-refractivity contribution in [3.63, 3.8) is 0 Å². The summed E-state index contributed by atoms with van der Waals surface area (Å²) in [4.78, 5) is 30.0. The maximum atomic E-state index is 12.3. The minimum absolute atomic E-state index is 0.0815. The zero-order valence-corrected chi connectivity index (χ0v) is 13.9. The van der Waals surface area contributed by atoms with E-state index in [0.29, 0.717) is 10.4 Å². The first-order valence-electron chi connectivity index (χ1n) is 7.51. The number of halogens is 1. The van der Waals surface area contributed by atoms with Gasteiger partial charge in [-0.15, -0.1) is 0 Å². The number of piperidine rings is 1. The summed E-state index contributed by atoms with van der Waals surface area (Å²) in [5, 5.41) is 0.